The summed E-state index contributed by atoms with van der Waals surface area (Å²) in [5, 5.41) is 10.3. The molecule has 2 rings (SSSR count). The summed E-state index contributed by atoms with van der Waals surface area (Å²) < 4.78 is 4.71. The van der Waals surface area contributed by atoms with Gasteiger partial charge in [0, 0.05) is 12.1 Å². The summed E-state index contributed by atoms with van der Waals surface area (Å²) in [4.78, 5) is 12.6. The van der Waals surface area contributed by atoms with E-state index in [1.54, 1.807) is 6.33 Å². The highest BCUT2D eigenvalue weighted by molar-refractivity contribution is 5.58. The average molecular weight is 276 g/mol. The lowest BCUT2D eigenvalue weighted by Gasteiger charge is -2.17. The molecule has 2 N–H and O–H groups in total. The van der Waals surface area contributed by atoms with E-state index in [2.05, 4.69) is 51.5 Å². The van der Waals surface area contributed by atoms with Gasteiger partial charge in [0.05, 0.1) is 6.54 Å². The molecule has 0 atom stereocenters. The second-order valence-corrected chi connectivity index (χ2v) is 4.77. The lowest BCUT2D eigenvalue weighted by molar-refractivity contribution is 0.411. The van der Waals surface area contributed by atoms with Crippen LogP contribution >= 0.6 is 0 Å². The van der Waals surface area contributed by atoms with Crippen LogP contribution in [-0.2, 0) is 6.54 Å². The number of nitrogens with one attached hydrogen (secondary N) is 2. The van der Waals surface area contributed by atoms with E-state index in [1.807, 2.05) is 0 Å². The molecule has 2 heterocycles. The Kier molecular flexibility index (Phi) is 4.86. The van der Waals surface area contributed by atoms with Crippen LogP contribution in [-0.4, -0.2) is 26.7 Å². The van der Waals surface area contributed by atoms with E-state index in [9.17, 15) is 0 Å². The maximum atomic E-state index is 4.71. The van der Waals surface area contributed by atoms with Crippen LogP contribution in [0.2, 0.25) is 0 Å². The Hall–Kier alpha value is -2.18. The van der Waals surface area contributed by atoms with Gasteiger partial charge in [0.15, 0.2) is 5.82 Å². The monoisotopic (exact) mass is 276 g/mol. The van der Waals surface area contributed by atoms with E-state index in [-0.39, 0.29) is 0 Å². The van der Waals surface area contributed by atoms with Gasteiger partial charge >= 0.3 is 0 Å². The Morgan fingerprint density at radius 3 is 2.50 bits per heavy atom. The van der Waals surface area contributed by atoms with E-state index in [0.29, 0.717) is 18.3 Å². The Morgan fingerprint density at radius 1 is 1.15 bits per heavy atom. The third-order valence-electron chi connectivity index (χ3n) is 2.82. The molecule has 0 aliphatic rings. The van der Waals surface area contributed by atoms with Crippen molar-refractivity contribution in [3.05, 3.63) is 24.1 Å². The largest absolute Gasteiger partial charge is 0.370 e. The molecule has 0 aliphatic heterocycles. The van der Waals surface area contributed by atoms with Crippen LogP contribution < -0.4 is 10.6 Å². The van der Waals surface area contributed by atoms with Crippen molar-refractivity contribution in [2.24, 2.45) is 0 Å². The van der Waals surface area contributed by atoms with E-state index in [4.69, 9.17) is 4.52 Å². The first-order valence-corrected chi connectivity index (χ1v) is 6.80. The second kappa shape index (κ2) is 6.83. The van der Waals surface area contributed by atoms with Crippen molar-refractivity contribution >= 4 is 11.6 Å². The van der Waals surface area contributed by atoms with Crippen LogP contribution in [0.1, 0.15) is 44.5 Å². The molecule has 0 bridgehead atoms. The quantitative estimate of drug-likeness (QED) is 0.802. The minimum absolute atomic E-state index is 0.309. The summed E-state index contributed by atoms with van der Waals surface area (Å²) >= 11 is 0. The predicted octanol–water partition coefficient (Wildman–Crippen LogP) is 2.42. The van der Waals surface area contributed by atoms with E-state index in [0.717, 1.165) is 30.2 Å². The van der Waals surface area contributed by atoms with Gasteiger partial charge in [-0.25, -0.2) is 9.97 Å². The molecule has 0 spiro atoms. The Balaban J connectivity index is 2.17. The molecule has 0 saturated carbocycles. The van der Waals surface area contributed by atoms with Crippen LogP contribution in [0.15, 0.2) is 17.2 Å². The maximum Gasteiger partial charge on any atom is 0.213 e. The molecule has 0 unspecified atom stereocenters. The van der Waals surface area contributed by atoms with Gasteiger partial charge in [-0.2, -0.15) is 4.98 Å². The minimum Gasteiger partial charge on any atom is -0.370 e. The summed E-state index contributed by atoms with van der Waals surface area (Å²) in [5.74, 6) is 2.59. The SMILES string of the molecule is CCCNc1ncnc(NCc2ncon2)c1C(C)C. The lowest BCUT2D eigenvalue weighted by Crippen LogP contribution is -2.12. The number of hydrogen-bond acceptors (Lipinski definition) is 7. The summed E-state index contributed by atoms with van der Waals surface area (Å²) in [6, 6.07) is 0. The van der Waals surface area contributed by atoms with Crippen molar-refractivity contribution in [1.82, 2.24) is 20.1 Å². The first-order valence-electron chi connectivity index (χ1n) is 6.80. The van der Waals surface area contributed by atoms with Crippen molar-refractivity contribution < 1.29 is 4.52 Å². The van der Waals surface area contributed by atoms with Crippen molar-refractivity contribution in [3.63, 3.8) is 0 Å². The smallest absolute Gasteiger partial charge is 0.213 e. The van der Waals surface area contributed by atoms with Crippen molar-refractivity contribution in [2.45, 2.75) is 39.7 Å². The Labute approximate surface area is 118 Å². The summed E-state index contributed by atoms with van der Waals surface area (Å²) in [6.07, 6.45) is 3.92. The van der Waals surface area contributed by atoms with Crippen LogP contribution in [0.3, 0.4) is 0 Å². The van der Waals surface area contributed by atoms with E-state index in [1.165, 1.54) is 6.39 Å². The molecule has 0 aliphatic carbocycles. The molecule has 0 radical (unpaired) electrons. The number of hydrogen-bond donors (Lipinski definition) is 2. The Bertz CT molecular complexity index is 526. The molecule has 108 valence electrons. The topological polar surface area (TPSA) is 88.8 Å². The molecule has 7 heteroatoms. The maximum absolute atomic E-state index is 4.71. The van der Waals surface area contributed by atoms with Crippen LogP contribution in [0.5, 0.6) is 0 Å². The third kappa shape index (κ3) is 3.43. The molecule has 7 nitrogen and oxygen atoms in total. The molecule has 0 saturated heterocycles. The zero-order chi connectivity index (χ0) is 14.4. The number of anilines is 2. The predicted molar refractivity (Wildman–Crippen MR) is 76.5 cm³/mol. The van der Waals surface area contributed by atoms with Gasteiger partial charge in [-0.1, -0.05) is 25.9 Å². The van der Waals surface area contributed by atoms with Gasteiger partial charge in [-0.3, -0.25) is 0 Å². The van der Waals surface area contributed by atoms with E-state index >= 15 is 0 Å². The molecular formula is C13H20N6O. The third-order valence-corrected chi connectivity index (χ3v) is 2.82. The van der Waals surface area contributed by atoms with Gasteiger partial charge in [0.1, 0.15) is 18.0 Å². The number of nitrogens with zero attached hydrogens (tertiary/aromatic N) is 4. The van der Waals surface area contributed by atoms with Crippen LogP contribution in [0, 0.1) is 0 Å². The minimum atomic E-state index is 0.309. The van der Waals surface area contributed by atoms with Gasteiger partial charge in [0.2, 0.25) is 6.39 Å². The number of rotatable bonds is 7. The fourth-order valence-electron chi connectivity index (χ4n) is 1.90. The summed E-state index contributed by atoms with van der Waals surface area (Å²) in [5.41, 5.74) is 1.07. The lowest BCUT2D eigenvalue weighted by atomic mass is 10.0. The Morgan fingerprint density at radius 2 is 1.90 bits per heavy atom. The van der Waals surface area contributed by atoms with Crippen molar-refractivity contribution in [3.8, 4) is 0 Å². The first-order chi connectivity index (χ1) is 9.72. The fourth-order valence-corrected chi connectivity index (χ4v) is 1.90. The molecule has 2 aromatic rings. The van der Waals surface area contributed by atoms with Gasteiger partial charge in [0.25, 0.3) is 0 Å². The standard InChI is InChI=1S/C13H20N6O/c1-4-5-14-12-11(9(2)3)13(17-7-16-12)15-6-10-18-8-20-19-10/h7-9H,4-6H2,1-3H3,(H2,14,15,16,17). The van der Waals surface area contributed by atoms with E-state index < -0.39 is 0 Å². The average Bonchev–Trinajstić information content (AvgIpc) is 2.95. The zero-order valence-electron chi connectivity index (χ0n) is 12.1. The molecular weight excluding hydrogens is 256 g/mol. The van der Waals surface area contributed by atoms with Gasteiger partial charge in [-0.05, 0) is 12.3 Å². The van der Waals surface area contributed by atoms with Gasteiger partial charge < -0.3 is 15.2 Å². The highest BCUT2D eigenvalue weighted by atomic mass is 16.5. The molecule has 20 heavy (non-hydrogen) atoms. The molecule has 2 aromatic heterocycles. The van der Waals surface area contributed by atoms with Crippen molar-refractivity contribution in [2.75, 3.05) is 17.2 Å². The normalized spacial score (nSPS) is 10.8. The molecule has 0 amide bonds. The first kappa shape index (κ1) is 14.2. The zero-order valence-corrected chi connectivity index (χ0v) is 12.1. The van der Waals surface area contributed by atoms with Crippen LogP contribution in [0.4, 0.5) is 11.6 Å². The number of aromatic nitrogens is 4. The summed E-state index contributed by atoms with van der Waals surface area (Å²) in [7, 11) is 0. The second-order valence-electron chi connectivity index (χ2n) is 4.77. The van der Waals surface area contributed by atoms with Crippen molar-refractivity contribution in [1.29, 1.82) is 0 Å². The highest BCUT2D eigenvalue weighted by Crippen LogP contribution is 2.28. The highest BCUT2D eigenvalue weighted by Gasteiger charge is 2.15. The molecule has 0 fully saturated rings. The fraction of sp³-hybridized carbons (Fsp3) is 0.538. The molecule has 0 aromatic carbocycles. The van der Waals surface area contributed by atoms with Gasteiger partial charge in [-0.15, -0.1) is 0 Å². The summed E-state index contributed by atoms with van der Waals surface area (Å²) in [6.45, 7) is 7.73. The van der Waals surface area contributed by atoms with Crippen LogP contribution in [0.25, 0.3) is 0 Å².